The van der Waals surface area contributed by atoms with E-state index >= 15 is 0 Å². The number of nitrogens with zero attached hydrogens (tertiary/aromatic N) is 4. The predicted molar refractivity (Wildman–Crippen MR) is 71.6 cm³/mol. The van der Waals surface area contributed by atoms with Crippen LogP contribution in [0, 0.1) is 12.8 Å². The number of primary amides is 1. The number of fused-ring (bicyclic) bond motifs is 1. The minimum Gasteiger partial charge on any atom is -0.368 e. The highest BCUT2D eigenvalue weighted by molar-refractivity contribution is 5.83. The molecule has 0 saturated carbocycles. The number of hydrogen-bond acceptors (Lipinski definition) is 5. The first kappa shape index (κ1) is 13.3. The maximum atomic E-state index is 11.6. The number of nitrogens with two attached hydrogens (primary N) is 1. The zero-order valence-corrected chi connectivity index (χ0v) is 11.3. The lowest BCUT2D eigenvalue weighted by molar-refractivity contribution is -0.119. The molecule has 2 rings (SSSR count). The Bertz CT molecular complexity index is 593. The molecule has 0 aliphatic rings. The van der Waals surface area contributed by atoms with Gasteiger partial charge in [-0.25, -0.2) is 4.98 Å². The Morgan fingerprint density at radius 3 is 2.95 bits per heavy atom. The number of anilines is 1. The summed E-state index contributed by atoms with van der Waals surface area (Å²) in [6, 6.07) is 1.37. The second kappa shape index (κ2) is 5.21. The van der Waals surface area contributed by atoms with Crippen molar-refractivity contribution in [3.05, 3.63) is 18.1 Å². The molecule has 0 aliphatic carbocycles. The fourth-order valence-electron chi connectivity index (χ4n) is 1.92. The summed E-state index contributed by atoms with van der Waals surface area (Å²) in [5.41, 5.74) is 6.26. The van der Waals surface area contributed by atoms with Crippen LogP contribution in [-0.2, 0) is 4.79 Å². The largest absolute Gasteiger partial charge is 0.368 e. The summed E-state index contributed by atoms with van der Waals surface area (Å²) >= 11 is 0. The van der Waals surface area contributed by atoms with Crippen LogP contribution < -0.4 is 11.1 Å². The highest BCUT2D eigenvalue weighted by atomic mass is 16.1. The molecule has 0 unspecified atom stereocenters. The second-order valence-corrected chi connectivity index (χ2v) is 4.66. The molecule has 102 valence electrons. The Hall–Kier alpha value is -2.18. The number of hydrogen-bond donors (Lipinski definition) is 2. The number of carbonyl (C=O) groups excluding carboxylic acids is 1. The van der Waals surface area contributed by atoms with E-state index in [0.29, 0.717) is 11.6 Å². The van der Waals surface area contributed by atoms with Gasteiger partial charge in [-0.1, -0.05) is 20.3 Å². The Morgan fingerprint density at radius 1 is 1.58 bits per heavy atom. The van der Waals surface area contributed by atoms with Crippen LogP contribution in [-0.4, -0.2) is 31.5 Å². The average Bonchev–Trinajstić information content (AvgIpc) is 2.82. The van der Waals surface area contributed by atoms with Crippen LogP contribution in [0.2, 0.25) is 0 Å². The van der Waals surface area contributed by atoms with Gasteiger partial charge < -0.3 is 11.1 Å². The minimum atomic E-state index is -0.445. The van der Waals surface area contributed by atoms with Gasteiger partial charge in [0.2, 0.25) is 5.91 Å². The minimum absolute atomic E-state index is 0.129. The Morgan fingerprint density at radius 2 is 2.32 bits per heavy atom. The van der Waals surface area contributed by atoms with Crippen molar-refractivity contribution < 1.29 is 4.79 Å². The van der Waals surface area contributed by atoms with Crippen LogP contribution in [0.4, 0.5) is 5.82 Å². The highest BCUT2D eigenvalue weighted by Crippen LogP contribution is 2.16. The smallest absolute Gasteiger partial charge is 0.254 e. The number of aryl methyl sites for hydroxylation is 1. The van der Waals surface area contributed by atoms with E-state index in [1.54, 1.807) is 4.52 Å². The molecule has 0 aliphatic heterocycles. The average molecular weight is 262 g/mol. The van der Waals surface area contributed by atoms with Crippen LogP contribution in [0.25, 0.3) is 5.78 Å². The number of carbonyl (C=O) groups is 1. The van der Waals surface area contributed by atoms with Crippen molar-refractivity contribution in [2.75, 3.05) is 5.32 Å². The Kier molecular flexibility index (Phi) is 3.64. The molecule has 0 saturated heterocycles. The van der Waals surface area contributed by atoms with Crippen LogP contribution >= 0.6 is 0 Å². The van der Waals surface area contributed by atoms with E-state index in [-0.39, 0.29) is 11.8 Å². The number of rotatable bonds is 5. The Labute approximate surface area is 111 Å². The zero-order chi connectivity index (χ0) is 14.0. The molecule has 1 amide bonds. The molecule has 2 aromatic rings. The molecule has 2 atom stereocenters. The van der Waals surface area contributed by atoms with Crippen molar-refractivity contribution in [1.82, 2.24) is 19.6 Å². The van der Waals surface area contributed by atoms with Crippen molar-refractivity contribution in [3.63, 3.8) is 0 Å². The third-order valence-electron chi connectivity index (χ3n) is 3.20. The van der Waals surface area contributed by atoms with Gasteiger partial charge in [-0.2, -0.15) is 14.6 Å². The van der Waals surface area contributed by atoms with E-state index in [1.165, 1.54) is 6.33 Å². The molecule has 2 aromatic heterocycles. The van der Waals surface area contributed by atoms with Crippen molar-refractivity contribution >= 4 is 17.5 Å². The van der Waals surface area contributed by atoms with Crippen molar-refractivity contribution in [2.45, 2.75) is 33.2 Å². The normalized spacial score (nSPS) is 14.3. The molecule has 0 fully saturated rings. The first-order valence-corrected chi connectivity index (χ1v) is 6.26. The maximum absolute atomic E-state index is 11.6. The van der Waals surface area contributed by atoms with Gasteiger partial charge in [0, 0.05) is 11.8 Å². The van der Waals surface area contributed by atoms with Crippen molar-refractivity contribution in [2.24, 2.45) is 11.7 Å². The first-order chi connectivity index (χ1) is 9.02. The highest BCUT2D eigenvalue weighted by Gasteiger charge is 2.22. The summed E-state index contributed by atoms with van der Waals surface area (Å²) in [7, 11) is 0. The third kappa shape index (κ3) is 2.64. The second-order valence-electron chi connectivity index (χ2n) is 4.66. The molecule has 0 aromatic carbocycles. The SMILES string of the molecule is CC[C@H](C)[C@H](Nc1cc(C)nc2ncnn12)C(N)=O. The van der Waals surface area contributed by atoms with Gasteiger partial charge >= 0.3 is 0 Å². The summed E-state index contributed by atoms with van der Waals surface area (Å²) in [6.45, 7) is 5.86. The summed E-state index contributed by atoms with van der Waals surface area (Å²) in [5, 5.41) is 7.23. The standard InChI is InChI=1S/C12H18N6O/c1-4-7(2)10(11(13)19)17-9-5-8(3)16-12-14-6-15-18(9)12/h5-7,10,17H,4H2,1-3H3,(H2,13,19)/t7-,10-/m0/s1. The van der Waals surface area contributed by atoms with E-state index in [0.717, 1.165) is 12.1 Å². The van der Waals surface area contributed by atoms with E-state index in [2.05, 4.69) is 20.4 Å². The Balaban J connectivity index is 2.38. The lowest BCUT2D eigenvalue weighted by Gasteiger charge is -2.22. The molecular formula is C12H18N6O. The van der Waals surface area contributed by atoms with Crippen molar-refractivity contribution in [1.29, 1.82) is 0 Å². The van der Waals surface area contributed by atoms with Crippen LogP contribution in [0.3, 0.4) is 0 Å². The summed E-state index contributed by atoms with van der Waals surface area (Å²) in [6.07, 6.45) is 2.28. The van der Waals surface area contributed by atoms with E-state index in [4.69, 9.17) is 5.73 Å². The molecule has 0 spiro atoms. The van der Waals surface area contributed by atoms with E-state index < -0.39 is 6.04 Å². The molecule has 2 heterocycles. The first-order valence-electron chi connectivity index (χ1n) is 6.26. The van der Waals surface area contributed by atoms with Gasteiger partial charge in [-0.15, -0.1) is 0 Å². The number of amides is 1. The molecule has 7 nitrogen and oxygen atoms in total. The van der Waals surface area contributed by atoms with E-state index in [9.17, 15) is 4.79 Å². The summed E-state index contributed by atoms with van der Waals surface area (Å²) in [5.74, 6) is 0.917. The summed E-state index contributed by atoms with van der Waals surface area (Å²) in [4.78, 5) is 19.9. The topological polar surface area (TPSA) is 98.2 Å². The lowest BCUT2D eigenvalue weighted by Crippen LogP contribution is -2.41. The molecule has 7 heteroatoms. The van der Waals surface area contributed by atoms with Crippen molar-refractivity contribution in [3.8, 4) is 0 Å². The fraction of sp³-hybridized carbons (Fsp3) is 0.500. The van der Waals surface area contributed by atoms with Gasteiger partial charge in [-0.3, -0.25) is 4.79 Å². The predicted octanol–water partition coefficient (Wildman–Crippen LogP) is 0.745. The number of aromatic nitrogens is 4. The van der Waals surface area contributed by atoms with Crippen LogP contribution in [0.15, 0.2) is 12.4 Å². The molecular weight excluding hydrogens is 244 g/mol. The van der Waals surface area contributed by atoms with Crippen LogP contribution in [0.5, 0.6) is 0 Å². The lowest BCUT2D eigenvalue weighted by atomic mass is 9.99. The molecule has 0 bridgehead atoms. The van der Waals surface area contributed by atoms with Gasteiger partial charge in [0.05, 0.1) is 0 Å². The van der Waals surface area contributed by atoms with Crippen LogP contribution in [0.1, 0.15) is 26.0 Å². The van der Waals surface area contributed by atoms with Gasteiger partial charge in [0.25, 0.3) is 5.78 Å². The molecule has 3 N–H and O–H groups in total. The zero-order valence-electron chi connectivity index (χ0n) is 11.3. The summed E-state index contributed by atoms with van der Waals surface area (Å²) < 4.78 is 1.56. The molecule has 0 radical (unpaired) electrons. The monoisotopic (exact) mass is 262 g/mol. The fourth-order valence-corrected chi connectivity index (χ4v) is 1.92. The van der Waals surface area contributed by atoms with Gasteiger partial charge in [-0.05, 0) is 12.8 Å². The maximum Gasteiger partial charge on any atom is 0.254 e. The van der Waals surface area contributed by atoms with Gasteiger partial charge in [0.1, 0.15) is 18.2 Å². The number of nitrogens with one attached hydrogen (secondary N) is 1. The van der Waals surface area contributed by atoms with E-state index in [1.807, 2.05) is 26.8 Å². The molecule has 19 heavy (non-hydrogen) atoms. The third-order valence-corrected chi connectivity index (χ3v) is 3.20. The quantitative estimate of drug-likeness (QED) is 0.828. The van der Waals surface area contributed by atoms with Gasteiger partial charge in [0.15, 0.2) is 0 Å².